The molecule has 154 valence electrons. The highest BCUT2D eigenvalue weighted by atomic mass is 31.2. The molecular formula is C20H46NO3P. The van der Waals surface area contributed by atoms with Gasteiger partial charge in [-0.05, 0) is 27.1 Å². The van der Waals surface area contributed by atoms with Crippen LogP contribution in [0.5, 0.6) is 0 Å². The summed E-state index contributed by atoms with van der Waals surface area (Å²) in [6, 6.07) is 0. The van der Waals surface area contributed by atoms with Crippen LogP contribution in [0.3, 0.4) is 0 Å². The standard InChI is InChI=1S/C20H43N.H3O3P/c1-4-5-6-7-8-9-10-11-12-13-14-15-16-17-18-19-20-21(2)3;1-4(2)3/h4-20H2,1-3H3;1-3H. The van der Waals surface area contributed by atoms with Gasteiger partial charge >= 0.3 is 8.60 Å². The van der Waals surface area contributed by atoms with Crippen molar-refractivity contribution in [2.24, 2.45) is 0 Å². The van der Waals surface area contributed by atoms with Gasteiger partial charge in [-0.3, -0.25) is 0 Å². The Labute approximate surface area is 159 Å². The van der Waals surface area contributed by atoms with Gasteiger partial charge in [-0.1, -0.05) is 103 Å². The molecule has 0 aromatic rings. The Bertz CT molecular complexity index is 226. The molecule has 5 heteroatoms. The Hall–Kier alpha value is 0.270. The monoisotopic (exact) mass is 379 g/mol. The smallest absolute Gasteiger partial charge is 0.324 e. The average molecular weight is 380 g/mol. The summed E-state index contributed by atoms with van der Waals surface area (Å²) in [5.74, 6) is 0. The minimum absolute atomic E-state index is 1.26. The maximum Gasteiger partial charge on any atom is 0.324 e. The van der Waals surface area contributed by atoms with Crippen LogP contribution < -0.4 is 0 Å². The Morgan fingerprint density at radius 1 is 0.520 bits per heavy atom. The van der Waals surface area contributed by atoms with Gasteiger partial charge < -0.3 is 19.6 Å². The molecule has 0 unspecified atom stereocenters. The van der Waals surface area contributed by atoms with E-state index in [9.17, 15) is 0 Å². The second-order valence-corrected chi connectivity index (χ2v) is 7.91. The SMILES string of the molecule is CCCCCCCCCCCCCCCCCCN(C)C.OP(O)O. The van der Waals surface area contributed by atoms with Crippen molar-refractivity contribution >= 4 is 8.60 Å². The number of hydrogen-bond acceptors (Lipinski definition) is 4. The Balaban J connectivity index is 0. The molecule has 0 aliphatic carbocycles. The Morgan fingerprint density at radius 2 is 0.760 bits per heavy atom. The number of rotatable bonds is 17. The highest BCUT2D eigenvalue weighted by molar-refractivity contribution is 7.38. The van der Waals surface area contributed by atoms with Gasteiger partial charge in [-0.25, -0.2) is 0 Å². The lowest BCUT2D eigenvalue weighted by Crippen LogP contribution is -2.12. The van der Waals surface area contributed by atoms with Crippen molar-refractivity contribution in [2.45, 2.75) is 110 Å². The topological polar surface area (TPSA) is 63.9 Å². The molecule has 0 spiro atoms. The van der Waals surface area contributed by atoms with E-state index in [1.807, 2.05) is 0 Å². The summed E-state index contributed by atoms with van der Waals surface area (Å²) in [5, 5.41) is 0. The van der Waals surface area contributed by atoms with Crippen molar-refractivity contribution in [2.75, 3.05) is 20.6 Å². The Morgan fingerprint density at radius 3 is 1.00 bits per heavy atom. The predicted molar refractivity (Wildman–Crippen MR) is 112 cm³/mol. The second-order valence-electron chi connectivity index (χ2n) is 7.37. The van der Waals surface area contributed by atoms with Crippen molar-refractivity contribution in [1.29, 1.82) is 0 Å². The normalized spacial score (nSPS) is 11.0. The summed E-state index contributed by atoms with van der Waals surface area (Å²) in [6.45, 7) is 3.56. The molecule has 4 nitrogen and oxygen atoms in total. The van der Waals surface area contributed by atoms with Crippen molar-refractivity contribution in [3.8, 4) is 0 Å². The molecule has 25 heavy (non-hydrogen) atoms. The van der Waals surface area contributed by atoms with E-state index in [4.69, 9.17) is 14.7 Å². The lowest BCUT2D eigenvalue weighted by atomic mass is 10.0. The second kappa shape index (κ2) is 24.3. The first-order valence-corrected chi connectivity index (χ1v) is 11.7. The van der Waals surface area contributed by atoms with Crippen LogP contribution in [-0.2, 0) is 0 Å². The molecular weight excluding hydrogens is 333 g/mol. The molecule has 0 aromatic carbocycles. The molecule has 0 rings (SSSR count). The summed E-state index contributed by atoms with van der Waals surface area (Å²) in [7, 11) is 1.72. The molecule has 3 N–H and O–H groups in total. The summed E-state index contributed by atoms with van der Waals surface area (Å²) >= 11 is 0. The maximum atomic E-state index is 7.23. The average Bonchev–Trinajstić information content (AvgIpc) is 2.53. The maximum absolute atomic E-state index is 7.23. The lowest BCUT2D eigenvalue weighted by Gasteiger charge is -2.08. The fraction of sp³-hybridized carbons (Fsp3) is 1.00. The van der Waals surface area contributed by atoms with E-state index in [-0.39, 0.29) is 0 Å². The van der Waals surface area contributed by atoms with E-state index in [2.05, 4.69) is 25.9 Å². The van der Waals surface area contributed by atoms with Gasteiger partial charge in [0, 0.05) is 0 Å². The molecule has 0 aromatic heterocycles. The van der Waals surface area contributed by atoms with Crippen LogP contribution in [0.1, 0.15) is 110 Å². The van der Waals surface area contributed by atoms with E-state index < -0.39 is 8.60 Å². The summed E-state index contributed by atoms with van der Waals surface area (Å²) < 4.78 is 0. The van der Waals surface area contributed by atoms with Gasteiger partial charge in [-0.2, -0.15) is 0 Å². The van der Waals surface area contributed by atoms with Gasteiger partial charge in [0.05, 0.1) is 0 Å². The molecule has 0 radical (unpaired) electrons. The van der Waals surface area contributed by atoms with Gasteiger partial charge in [0.2, 0.25) is 0 Å². The molecule has 0 fully saturated rings. The van der Waals surface area contributed by atoms with Gasteiger partial charge in [-0.15, -0.1) is 0 Å². The van der Waals surface area contributed by atoms with Crippen LogP contribution in [0.4, 0.5) is 0 Å². The van der Waals surface area contributed by atoms with E-state index in [0.29, 0.717) is 0 Å². The van der Waals surface area contributed by atoms with Crippen LogP contribution in [0.15, 0.2) is 0 Å². The van der Waals surface area contributed by atoms with Gasteiger partial charge in [0.15, 0.2) is 0 Å². The minimum atomic E-state index is -2.62. The van der Waals surface area contributed by atoms with Gasteiger partial charge in [0.25, 0.3) is 0 Å². The first kappa shape index (κ1) is 27.5. The first-order valence-electron chi connectivity index (χ1n) is 10.5. The Kier molecular flexibility index (Phi) is 26.7. The van der Waals surface area contributed by atoms with E-state index in [0.717, 1.165) is 0 Å². The zero-order valence-electron chi connectivity index (χ0n) is 17.3. The molecule has 0 aliphatic heterocycles. The first-order chi connectivity index (χ1) is 12.0. The number of hydrogen-bond donors (Lipinski definition) is 3. The molecule has 0 aliphatic rings. The third kappa shape index (κ3) is 36.1. The highest BCUT2D eigenvalue weighted by Crippen LogP contribution is 2.13. The lowest BCUT2D eigenvalue weighted by molar-refractivity contribution is 0.368. The summed E-state index contributed by atoms with van der Waals surface area (Å²) in [4.78, 5) is 24.0. The van der Waals surface area contributed by atoms with Crippen LogP contribution in [0, 0.1) is 0 Å². The van der Waals surface area contributed by atoms with Crippen LogP contribution >= 0.6 is 8.60 Å². The number of unbranched alkanes of at least 4 members (excludes halogenated alkanes) is 15. The molecule has 0 saturated heterocycles. The third-order valence-electron chi connectivity index (χ3n) is 4.46. The van der Waals surface area contributed by atoms with Gasteiger partial charge in [0.1, 0.15) is 0 Å². The largest absolute Gasteiger partial charge is 0.328 e. The predicted octanol–water partition coefficient (Wildman–Crippen LogP) is 6.00. The highest BCUT2D eigenvalue weighted by Gasteiger charge is 1.95. The van der Waals surface area contributed by atoms with Crippen molar-refractivity contribution < 1.29 is 14.7 Å². The molecule has 0 heterocycles. The molecule has 0 bridgehead atoms. The van der Waals surface area contributed by atoms with Crippen LogP contribution in [0.2, 0.25) is 0 Å². The van der Waals surface area contributed by atoms with E-state index >= 15 is 0 Å². The quantitative estimate of drug-likeness (QED) is 0.214. The molecule has 0 atom stereocenters. The molecule has 0 amide bonds. The van der Waals surface area contributed by atoms with Crippen LogP contribution in [0.25, 0.3) is 0 Å². The van der Waals surface area contributed by atoms with E-state index in [1.54, 1.807) is 0 Å². The zero-order chi connectivity index (χ0) is 19.2. The van der Waals surface area contributed by atoms with Crippen molar-refractivity contribution in [3.63, 3.8) is 0 Å². The summed E-state index contributed by atoms with van der Waals surface area (Å²) in [5.41, 5.74) is 0. The van der Waals surface area contributed by atoms with Crippen molar-refractivity contribution in [1.82, 2.24) is 4.90 Å². The van der Waals surface area contributed by atoms with Crippen LogP contribution in [-0.4, -0.2) is 40.2 Å². The zero-order valence-corrected chi connectivity index (χ0v) is 18.2. The van der Waals surface area contributed by atoms with E-state index in [1.165, 1.54) is 109 Å². The fourth-order valence-electron chi connectivity index (χ4n) is 2.98. The number of nitrogens with zero attached hydrogens (tertiary/aromatic N) is 1. The fourth-order valence-corrected chi connectivity index (χ4v) is 2.98. The summed E-state index contributed by atoms with van der Waals surface area (Å²) in [6.07, 6.45) is 23.3. The van der Waals surface area contributed by atoms with Crippen molar-refractivity contribution in [3.05, 3.63) is 0 Å². The third-order valence-corrected chi connectivity index (χ3v) is 4.46. The molecule has 0 saturated carbocycles. The minimum Gasteiger partial charge on any atom is -0.328 e.